The van der Waals surface area contributed by atoms with Crippen LogP contribution in [0.4, 0.5) is 4.39 Å². The van der Waals surface area contributed by atoms with Crippen LogP contribution in [0.2, 0.25) is 0 Å². The maximum Gasteiger partial charge on any atom is 0.123 e. The number of aromatic nitrogens is 1. The van der Waals surface area contributed by atoms with Crippen molar-refractivity contribution in [1.29, 1.82) is 0 Å². The maximum absolute atomic E-state index is 13.2. The molecule has 0 radical (unpaired) electrons. The Morgan fingerprint density at radius 3 is 2.63 bits per heavy atom. The molecule has 0 aliphatic rings. The molecule has 1 aromatic heterocycles. The van der Waals surface area contributed by atoms with Crippen molar-refractivity contribution in [3.05, 3.63) is 60.5 Å². The first-order valence-electron chi connectivity index (χ1n) is 6.23. The summed E-state index contributed by atoms with van der Waals surface area (Å²) in [7, 11) is 0. The topological polar surface area (TPSA) is 25.2 Å². The van der Waals surface area contributed by atoms with Gasteiger partial charge < -0.3 is 9.67 Å². The van der Waals surface area contributed by atoms with Gasteiger partial charge in [-0.1, -0.05) is 18.2 Å². The smallest absolute Gasteiger partial charge is 0.123 e. The first kappa shape index (κ1) is 11.9. The summed E-state index contributed by atoms with van der Waals surface area (Å²) in [6.07, 6.45) is 1.95. The van der Waals surface area contributed by atoms with E-state index in [0.717, 1.165) is 22.0 Å². The number of benzene rings is 2. The standard InChI is InChI=1S/C16H14FNO/c17-15-3-1-2-12(11-15)13-4-5-16-14(10-13)6-7-18(16)8-9-19/h1-7,10-11,19H,8-9H2. The Labute approximate surface area is 110 Å². The Hall–Kier alpha value is -2.13. The van der Waals surface area contributed by atoms with Crippen LogP contribution in [0.25, 0.3) is 22.0 Å². The third kappa shape index (κ3) is 2.25. The van der Waals surface area contributed by atoms with E-state index in [1.165, 1.54) is 12.1 Å². The van der Waals surface area contributed by atoms with Crippen LogP contribution in [-0.2, 0) is 6.54 Å². The molecule has 0 saturated heterocycles. The highest BCUT2D eigenvalue weighted by Gasteiger charge is 2.04. The van der Waals surface area contributed by atoms with E-state index in [0.29, 0.717) is 6.54 Å². The van der Waals surface area contributed by atoms with Crippen LogP contribution in [0.3, 0.4) is 0 Å². The van der Waals surface area contributed by atoms with Crippen LogP contribution in [0.5, 0.6) is 0 Å². The zero-order valence-corrected chi connectivity index (χ0v) is 10.4. The Bertz CT molecular complexity index is 718. The van der Waals surface area contributed by atoms with Crippen LogP contribution in [-0.4, -0.2) is 16.3 Å². The van der Waals surface area contributed by atoms with E-state index in [1.807, 2.05) is 41.1 Å². The molecule has 1 N–H and O–H groups in total. The molecule has 0 unspecified atom stereocenters. The number of aliphatic hydroxyl groups is 1. The van der Waals surface area contributed by atoms with Gasteiger partial charge >= 0.3 is 0 Å². The predicted octanol–water partition coefficient (Wildman–Crippen LogP) is 3.44. The van der Waals surface area contributed by atoms with Gasteiger partial charge in [-0.25, -0.2) is 4.39 Å². The normalized spacial score (nSPS) is 11.1. The van der Waals surface area contributed by atoms with Crippen LogP contribution in [0, 0.1) is 5.82 Å². The Kier molecular flexibility index (Phi) is 3.05. The van der Waals surface area contributed by atoms with E-state index in [4.69, 9.17) is 5.11 Å². The zero-order chi connectivity index (χ0) is 13.2. The Morgan fingerprint density at radius 1 is 1.00 bits per heavy atom. The lowest BCUT2D eigenvalue weighted by Gasteiger charge is -2.05. The molecular formula is C16H14FNO. The van der Waals surface area contributed by atoms with Gasteiger partial charge in [-0.05, 0) is 41.5 Å². The van der Waals surface area contributed by atoms with E-state index >= 15 is 0 Å². The highest BCUT2D eigenvalue weighted by molar-refractivity contribution is 5.85. The molecule has 2 nitrogen and oxygen atoms in total. The highest BCUT2D eigenvalue weighted by atomic mass is 19.1. The molecule has 0 fully saturated rings. The summed E-state index contributed by atoms with van der Waals surface area (Å²) in [5.74, 6) is -0.226. The molecule has 3 heteroatoms. The second kappa shape index (κ2) is 4.86. The van der Waals surface area contributed by atoms with Crippen molar-refractivity contribution in [2.24, 2.45) is 0 Å². The molecule has 19 heavy (non-hydrogen) atoms. The van der Waals surface area contributed by atoms with Gasteiger partial charge in [-0.15, -0.1) is 0 Å². The Morgan fingerprint density at radius 2 is 1.84 bits per heavy atom. The second-order valence-electron chi connectivity index (χ2n) is 4.52. The van der Waals surface area contributed by atoms with Crippen LogP contribution in [0.15, 0.2) is 54.7 Å². The molecule has 0 saturated carbocycles. The van der Waals surface area contributed by atoms with E-state index in [9.17, 15) is 4.39 Å². The monoisotopic (exact) mass is 255 g/mol. The SMILES string of the molecule is OCCn1ccc2cc(-c3cccc(F)c3)ccc21. The number of hydrogen-bond acceptors (Lipinski definition) is 1. The zero-order valence-electron chi connectivity index (χ0n) is 10.4. The van der Waals surface area contributed by atoms with Crippen molar-refractivity contribution in [3.8, 4) is 11.1 Å². The summed E-state index contributed by atoms with van der Waals surface area (Å²) >= 11 is 0. The van der Waals surface area contributed by atoms with E-state index in [-0.39, 0.29) is 12.4 Å². The minimum absolute atomic E-state index is 0.120. The molecule has 3 rings (SSSR count). The number of aliphatic hydroxyl groups excluding tert-OH is 1. The largest absolute Gasteiger partial charge is 0.395 e. The molecule has 2 aromatic carbocycles. The van der Waals surface area contributed by atoms with Crippen molar-refractivity contribution < 1.29 is 9.50 Å². The third-order valence-corrected chi connectivity index (χ3v) is 3.27. The van der Waals surface area contributed by atoms with Crippen molar-refractivity contribution in [2.75, 3.05) is 6.61 Å². The van der Waals surface area contributed by atoms with Crippen molar-refractivity contribution in [1.82, 2.24) is 4.57 Å². The minimum atomic E-state index is -0.226. The van der Waals surface area contributed by atoms with Crippen LogP contribution in [0.1, 0.15) is 0 Å². The molecule has 0 spiro atoms. The maximum atomic E-state index is 13.2. The van der Waals surface area contributed by atoms with E-state index in [1.54, 1.807) is 6.07 Å². The number of hydrogen-bond donors (Lipinski definition) is 1. The first-order chi connectivity index (χ1) is 9.28. The number of halogens is 1. The lowest BCUT2D eigenvalue weighted by Crippen LogP contribution is -1.99. The third-order valence-electron chi connectivity index (χ3n) is 3.27. The summed E-state index contributed by atoms with van der Waals surface area (Å²) in [5.41, 5.74) is 2.94. The summed E-state index contributed by atoms with van der Waals surface area (Å²) < 4.78 is 15.2. The van der Waals surface area contributed by atoms with Gasteiger partial charge in [0, 0.05) is 23.6 Å². The van der Waals surface area contributed by atoms with E-state index in [2.05, 4.69) is 0 Å². The van der Waals surface area contributed by atoms with Gasteiger partial charge in [0.25, 0.3) is 0 Å². The molecular weight excluding hydrogens is 241 g/mol. The molecule has 0 amide bonds. The summed E-state index contributed by atoms with van der Waals surface area (Å²) in [5, 5.41) is 10.1. The molecule has 0 atom stereocenters. The number of nitrogens with zero attached hydrogens (tertiary/aromatic N) is 1. The van der Waals surface area contributed by atoms with Gasteiger partial charge in [0.15, 0.2) is 0 Å². The van der Waals surface area contributed by atoms with Crippen molar-refractivity contribution in [2.45, 2.75) is 6.54 Å². The molecule has 0 aliphatic heterocycles. The van der Waals surface area contributed by atoms with Crippen LogP contribution >= 0.6 is 0 Å². The van der Waals surface area contributed by atoms with Crippen LogP contribution < -0.4 is 0 Å². The molecule has 96 valence electrons. The second-order valence-corrected chi connectivity index (χ2v) is 4.52. The predicted molar refractivity (Wildman–Crippen MR) is 74.4 cm³/mol. The minimum Gasteiger partial charge on any atom is -0.395 e. The van der Waals surface area contributed by atoms with Gasteiger partial charge in [-0.3, -0.25) is 0 Å². The van der Waals surface area contributed by atoms with Gasteiger partial charge in [-0.2, -0.15) is 0 Å². The fraction of sp³-hybridized carbons (Fsp3) is 0.125. The number of fused-ring (bicyclic) bond motifs is 1. The lowest BCUT2D eigenvalue weighted by atomic mass is 10.0. The van der Waals surface area contributed by atoms with Crippen molar-refractivity contribution >= 4 is 10.9 Å². The molecule has 0 aliphatic carbocycles. The fourth-order valence-electron chi connectivity index (χ4n) is 2.35. The van der Waals surface area contributed by atoms with Gasteiger partial charge in [0.2, 0.25) is 0 Å². The van der Waals surface area contributed by atoms with Gasteiger partial charge in [0.05, 0.1) is 6.61 Å². The average Bonchev–Trinajstić information content (AvgIpc) is 2.82. The molecule has 0 bridgehead atoms. The Balaban J connectivity index is 2.07. The van der Waals surface area contributed by atoms with E-state index < -0.39 is 0 Å². The fourth-order valence-corrected chi connectivity index (χ4v) is 2.35. The quantitative estimate of drug-likeness (QED) is 0.762. The summed E-state index contributed by atoms with van der Waals surface area (Å²) in [6, 6.07) is 14.6. The average molecular weight is 255 g/mol. The number of rotatable bonds is 3. The lowest BCUT2D eigenvalue weighted by molar-refractivity contribution is 0.278. The summed E-state index contributed by atoms with van der Waals surface area (Å²) in [6.45, 7) is 0.707. The van der Waals surface area contributed by atoms with Crippen molar-refractivity contribution in [3.63, 3.8) is 0 Å². The molecule has 3 aromatic rings. The molecule has 1 heterocycles. The van der Waals surface area contributed by atoms with Gasteiger partial charge in [0.1, 0.15) is 5.82 Å². The summed E-state index contributed by atoms with van der Waals surface area (Å²) in [4.78, 5) is 0. The first-order valence-corrected chi connectivity index (χ1v) is 6.23. The highest BCUT2D eigenvalue weighted by Crippen LogP contribution is 2.25.